The van der Waals surface area contributed by atoms with Crippen LogP contribution in [0.3, 0.4) is 0 Å². The molecule has 3 heterocycles. The van der Waals surface area contributed by atoms with Gasteiger partial charge in [-0.25, -0.2) is 18.7 Å². The standard InChI is InChI=1S/C23H25F2N5O2/c1-15(31)20(27-11-16-4-2-3-5-17(16)24)10-19(26)21-28-12-18(25)22(29-21)30-8-6-23(7-9-30)13-32-14-23/h2-5,10,12H,6-9,11,13-14,26H2,1H3. The predicted molar refractivity (Wildman–Crippen MR) is 117 cm³/mol. The van der Waals surface area contributed by atoms with Gasteiger partial charge in [-0.15, -0.1) is 0 Å². The van der Waals surface area contributed by atoms with E-state index in [-0.39, 0.29) is 40.8 Å². The number of rotatable bonds is 6. The fraction of sp³-hybridized carbons (Fsp3) is 0.391. The molecule has 1 aromatic heterocycles. The first-order valence-corrected chi connectivity index (χ1v) is 10.5. The third kappa shape index (κ3) is 4.67. The van der Waals surface area contributed by atoms with Crippen LogP contribution in [-0.4, -0.2) is 47.8 Å². The summed E-state index contributed by atoms with van der Waals surface area (Å²) in [5.74, 6) is -0.972. The fourth-order valence-corrected chi connectivity index (χ4v) is 3.86. The Labute approximate surface area is 185 Å². The molecule has 0 bridgehead atoms. The molecule has 2 aliphatic rings. The molecule has 2 fully saturated rings. The minimum absolute atomic E-state index is 0.0138. The third-order valence-corrected chi connectivity index (χ3v) is 5.95. The molecule has 0 radical (unpaired) electrons. The van der Waals surface area contributed by atoms with Crippen molar-refractivity contribution in [1.82, 2.24) is 9.97 Å². The molecule has 168 valence electrons. The van der Waals surface area contributed by atoms with E-state index in [1.165, 1.54) is 19.1 Å². The molecule has 32 heavy (non-hydrogen) atoms. The summed E-state index contributed by atoms with van der Waals surface area (Å²) in [6.07, 6.45) is 4.25. The molecule has 0 unspecified atom stereocenters. The maximum Gasteiger partial charge on any atom is 0.183 e. The van der Waals surface area contributed by atoms with E-state index in [0.29, 0.717) is 18.7 Å². The van der Waals surface area contributed by atoms with E-state index in [9.17, 15) is 13.6 Å². The fourth-order valence-electron chi connectivity index (χ4n) is 3.86. The second kappa shape index (κ2) is 9.12. The number of aliphatic imine (C=N–C) groups is 1. The van der Waals surface area contributed by atoms with Gasteiger partial charge in [0.25, 0.3) is 0 Å². The van der Waals surface area contributed by atoms with Crippen molar-refractivity contribution in [3.8, 4) is 0 Å². The average molecular weight is 441 g/mol. The van der Waals surface area contributed by atoms with Gasteiger partial charge in [-0.1, -0.05) is 18.2 Å². The summed E-state index contributed by atoms with van der Waals surface area (Å²) in [6, 6.07) is 6.20. The Balaban J connectivity index is 1.54. The number of hydrogen-bond donors (Lipinski definition) is 1. The van der Waals surface area contributed by atoms with Crippen LogP contribution in [0.25, 0.3) is 5.70 Å². The molecular formula is C23H25F2N5O2. The van der Waals surface area contributed by atoms with Gasteiger partial charge in [0, 0.05) is 31.0 Å². The number of nitrogens with two attached hydrogens (primary N) is 1. The third-order valence-electron chi connectivity index (χ3n) is 5.95. The van der Waals surface area contributed by atoms with Crippen molar-refractivity contribution in [2.24, 2.45) is 16.1 Å². The molecule has 2 aromatic rings. The van der Waals surface area contributed by atoms with E-state index in [0.717, 1.165) is 32.3 Å². The van der Waals surface area contributed by atoms with Crippen molar-refractivity contribution in [3.63, 3.8) is 0 Å². The van der Waals surface area contributed by atoms with Crippen LogP contribution in [-0.2, 0) is 16.1 Å². The number of benzene rings is 1. The normalized spacial score (nSPS) is 18.5. The predicted octanol–water partition coefficient (Wildman–Crippen LogP) is 2.90. The number of ketones is 1. The van der Waals surface area contributed by atoms with Crippen molar-refractivity contribution in [3.05, 3.63) is 59.6 Å². The lowest BCUT2D eigenvalue weighted by molar-refractivity contribution is -0.124. The number of aromatic nitrogens is 2. The van der Waals surface area contributed by atoms with Gasteiger partial charge in [0.05, 0.1) is 31.7 Å². The van der Waals surface area contributed by atoms with Gasteiger partial charge in [0.2, 0.25) is 0 Å². The van der Waals surface area contributed by atoms with E-state index < -0.39 is 11.6 Å². The Morgan fingerprint density at radius 3 is 2.59 bits per heavy atom. The van der Waals surface area contributed by atoms with Crippen molar-refractivity contribution < 1.29 is 18.3 Å². The van der Waals surface area contributed by atoms with Crippen LogP contribution < -0.4 is 10.6 Å². The Kier molecular flexibility index (Phi) is 6.27. The molecule has 0 amide bonds. The monoisotopic (exact) mass is 441 g/mol. The molecule has 0 atom stereocenters. The van der Waals surface area contributed by atoms with Crippen LogP contribution in [0.4, 0.5) is 14.6 Å². The first-order valence-electron chi connectivity index (χ1n) is 10.5. The molecule has 7 nitrogen and oxygen atoms in total. The second-order valence-corrected chi connectivity index (χ2v) is 8.29. The van der Waals surface area contributed by atoms with E-state index >= 15 is 0 Å². The molecule has 9 heteroatoms. The molecule has 0 saturated carbocycles. The van der Waals surface area contributed by atoms with E-state index in [2.05, 4.69) is 15.0 Å². The molecule has 1 aromatic carbocycles. The number of piperidine rings is 1. The van der Waals surface area contributed by atoms with Gasteiger partial charge >= 0.3 is 0 Å². The minimum atomic E-state index is -0.526. The lowest BCUT2D eigenvalue weighted by Crippen LogP contribution is -2.51. The largest absolute Gasteiger partial charge is 0.396 e. The summed E-state index contributed by atoms with van der Waals surface area (Å²) in [5.41, 5.74) is 6.84. The molecular weight excluding hydrogens is 416 g/mol. The van der Waals surface area contributed by atoms with Gasteiger partial charge < -0.3 is 15.4 Å². The Morgan fingerprint density at radius 2 is 1.97 bits per heavy atom. The first kappa shape index (κ1) is 22.0. The van der Waals surface area contributed by atoms with Gasteiger partial charge in [-0.05, 0) is 25.0 Å². The molecule has 2 aliphatic heterocycles. The molecule has 0 aliphatic carbocycles. The Bertz CT molecular complexity index is 1070. The number of carbonyl (C=O) groups is 1. The van der Waals surface area contributed by atoms with Crippen molar-refractivity contribution in [2.45, 2.75) is 26.3 Å². The summed E-state index contributed by atoms with van der Waals surface area (Å²) in [6.45, 7) is 4.18. The van der Waals surface area contributed by atoms with Gasteiger partial charge in [0.1, 0.15) is 11.5 Å². The van der Waals surface area contributed by atoms with Crippen molar-refractivity contribution in [1.29, 1.82) is 0 Å². The quantitative estimate of drug-likeness (QED) is 0.693. The Morgan fingerprint density at radius 1 is 1.25 bits per heavy atom. The number of hydrogen-bond acceptors (Lipinski definition) is 7. The average Bonchev–Trinajstić information content (AvgIpc) is 2.76. The van der Waals surface area contributed by atoms with Gasteiger partial charge in [-0.2, -0.15) is 0 Å². The highest BCUT2D eigenvalue weighted by atomic mass is 19.1. The van der Waals surface area contributed by atoms with Gasteiger partial charge in [-0.3, -0.25) is 9.79 Å². The van der Waals surface area contributed by atoms with Crippen LogP contribution in [0, 0.1) is 17.0 Å². The highest BCUT2D eigenvalue weighted by Crippen LogP contribution is 2.39. The maximum atomic E-state index is 14.5. The van der Waals surface area contributed by atoms with Crippen molar-refractivity contribution in [2.75, 3.05) is 31.2 Å². The zero-order valence-corrected chi connectivity index (χ0v) is 17.9. The number of Topliss-reactive ketones (excluding diaryl/α,β-unsaturated/α-hetero) is 1. The van der Waals surface area contributed by atoms with Crippen LogP contribution in [0.1, 0.15) is 31.2 Å². The highest BCUT2D eigenvalue weighted by molar-refractivity contribution is 6.44. The second-order valence-electron chi connectivity index (χ2n) is 8.29. The molecule has 2 saturated heterocycles. The van der Waals surface area contributed by atoms with Crippen LogP contribution in [0.2, 0.25) is 0 Å². The number of nitrogens with zero attached hydrogens (tertiary/aromatic N) is 4. The number of ether oxygens (including phenoxy) is 1. The van der Waals surface area contributed by atoms with Gasteiger partial charge in [0.15, 0.2) is 23.2 Å². The van der Waals surface area contributed by atoms with E-state index in [1.54, 1.807) is 18.2 Å². The topological polar surface area (TPSA) is 93.7 Å². The smallest absolute Gasteiger partial charge is 0.183 e. The van der Waals surface area contributed by atoms with E-state index in [1.807, 2.05) is 4.90 Å². The summed E-state index contributed by atoms with van der Waals surface area (Å²) < 4.78 is 33.7. The molecule has 4 rings (SSSR count). The van der Waals surface area contributed by atoms with Crippen LogP contribution in [0.15, 0.2) is 41.5 Å². The zero-order chi connectivity index (χ0) is 22.7. The van der Waals surface area contributed by atoms with Crippen LogP contribution >= 0.6 is 0 Å². The lowest BCUT2D eigenvalue weighted by atomic mass is 9.77. The SMILES string of the molecule is CC(=O)C(C=C(N)c1ncc(F)c(N2CCC3(CC2)COC3)n1)=NCc1ccccc1F. The first-order chi connectivity index (χ1) is 15.4. The summed E-state index contributed by atoms with van der Waals surface area (Å²) >= 11 is 0. The number of anilines is 1. The number of carbonyl (C=O) groups excluding carboxylic acids is 1. The van der Waals surface area contributed by atoms with Crippen LogP contribution in [0.5, 0.6) is 0 Å². The molecule has 2 N–H and O–H groups in total. The number of halogens is 2. The summed E-state index contributed by atoms with van der Waals surface area (Å²) in [7, 11) is 0. The zero-order valence-electron chi connectivity index (χ0n) is 17.9. The highest BCUT2D eigenvalue weighted by Gasteiger charge is 2.41. The molecule has 1 spiro atoms. The minimum Gasteiger partial charge on any atom is -0.396 e. The van der Waals surface area contributed by atoms with E-state index in [4.69, 9.17) is 10.5 Å². The maximum absolute atomic E-state index is 14.5. The summed E-state index contributed by atoms with van der Waals surface area (Å²) in [5, 5.41) is 0. The van der Waals surface area contributed by atoms with Crippen molar-refractivity contribution >= 4 is 23.0 Å². The lowest BCUT2D eigenvalue weighted by Gasteiger charge is -2.47. The summed E-state index contributed by atoms with van der Waals surface area (Å²) in [4.78, 5) is 26.4. The number of allylic oxidation sites excluding steroid dienone is 1. The Hall–Kier alpha value is -3.20.